The molecule has 0 spiro atoms. The second-order valence-electron chi connectivity index (χ2n) is 5.91. The first kappa shape index (κ1) is 17.7. The van der Waals surface area contributed by atoms with E-state index < -0.39 is 0 Å². The molecule has 0 radical (unpaired) electrons. The summed E-state index contributed by atoms with van der Waals surface area (Å²) in [5.74, 6) is -0.0121. The summed E-state index contributed by atoms with van der Waals surface area (Å²) in [5.41, 5.74) is 6.31. The zero-order valence-corrected chi connectivity index (χ0v) is 14.9. The number of rotatable bonds is 6. The second-order valence-corrected chi connectivity index (χ2v) is 5.91. The predicted molar refractivity (Wildman–Crippen MR) is 105 cm³/mol. The van der Waals surface area contributed by atoms with Crippen molar-refractivity contribution in [2.45, 2.75) is 0 Å². The van der Waals surface area contributed by atoms with Gasteiger partial charge < -0.3 is 10.0 Å². The molecule has 0 fully saturated rings. The van der Waals surface area contributed by atoms with Crippen molar-refractivity contribution in [3.05, 3.63) is 59.8 Å². The third-order valence-electron chi connectivity index (χ3n) is 3.96. The van der Waals surface area contributed by atoms with Gasteiger partial charge in [-0.25, -0.2) is 15.4 Å². The average molecular weight is 351 g/mol. The minimum Gasteiger partial charge on any atom is -0.504 e. The molecule has 0 aliphatic rings. The molecule has 2 aromatic carbocycles. The van der Waals surface area contributed by atoms with Gasteiger partial charge in [0, 0.05) is 25.2 Å². The van der Waals surface area contributed by atoms with E-state index in [1.807, 2.05) is 73.6 Å². The fraction of sp³-hybridized carbons (Fsp3) is 0.150. The first-order chi connectivity index (χ1) is 12.6. The van der Waals surface area contributed by atoms with Crippen LogP contribution in [0.1, 0.15) is 11.3 Å². The molecule has 1 aromatic heterocycles. The standard InChI is InChI=1S/C20H21N3O3/c1-23(2)15-11-8-14(9-12-15)10-13-18-20(24)19(22-26-25-3)16-6-4-5-7-17(16)21-18/h4-13,24H,1-3H3,(H,21,22)/b13-10+. The van der Waals surface area contributed by atoms with Crippen LogP contribution in [0.25, 0.3) is 23.1 Å². The van der Waals surface area contributed by atoms with E-state index in [2.05, 4.69) is 15.4 Å². The number of nitrogens with one attached hydrogen (secondary N) is 1. The summed E-state index contributed by atoms with van der Waals surface area (Å²) >= 11 is 0. The Balaban J connectivity index is 1.97. The zero-order chi connectivity index (χ0) is 18.5. The van der Waals surface area contributed by atoms with E-state index in [4.69, 9.17) is 4.99 Å². The van der Waals surface area contributed by atoms with Gasteiger partial charge in [0.1, 0.15) is 11.4 Å². The predicted octanol–water partition coefficient (Wildman–Crippen LogP) is 4.08. The minimum atomic E-state index is -0.0121. The fourth-order valence-corrected chi connectivity index (χ4v) is 2.58. The minimum absolute atomic E-state index is 0.0121. The number of anilines is 2. The van der Waals surface area contributed by atoms with Crippen molar-refractivity contribution >= 4 is 34.4 Å². The molecule has 0 unspecified atom stereocenters. The molecule has 6 heteroatoms. The summed E-state index contributed by atoms with van der Waals surface area (Å²) in [7, 11) is 5.38. The Morgan fingerprint density at radius 3 is 2.46 bits per heavy atom. The Hall–Kier alpha value is -3.09. The van der Waals surface area contributed by atoms with Crippen LogP contribution in [-0.2, 0) is 9.88 Å². The van der Waals surface area contributed by atoms with Gasteiger partial charge in [0.15, 0.2) is 5.75 Å². The normalized spacial score (nSPS) is 11.2. The highest BCUT2D eigenvalue weighted by Gasteiger charge is 2.13. The van der Waals surface area contributed by atoms with Crippen LogP contribution in [0.5, 0.6) is 5.75 Å². The molecule has 0 bridgehead atoms. The maximum atomic E-state index is 10.6. The highest BCUT2D eigenvalue weighted by Crippen LogP contribution is 2.35. The number of para-hydroxylation sites is 1. The highest BCUT2D eigenvalue weighted by molar-refractivity contribution is 5.96. The molecule has 134 valence electrons. The number of hydrogen-bond acceptors (Lipinski definition) is 6. The first-order valence-electron chi connectivity index (χ1n) is 8.13. The summed E-state index contributed by atoms with van der Waals surface area (Å²) in [6, 6.07) is 15.6. The van der Waals surface area contributed by atoms with Crippen molar-refractivity contribution in [3.8, 4) is 5.75 Å². The van der Waals surface area contributed by atoms with Crippen molar-refractivity contribution in [2.75, 3.05) is 31.6 Å². The number of pyridine rings is 1. The molecule has 0 atom stereocenters. The third-order valence-corrected chi connectivity index (χ3v) is 3.96. The molecule has 0 saturated heterocycles. The van der Waals surface area contributed by atoms with E-state index in [0.717, 1.165) is 22.2 Å². The number of aromatic hydroxyl groups is 1. The molecule has 6 nitrogen and oxygen atoms in total. The lowest BCUT2D eigenvalue weighted by Crippen LogP contribution is -2.07. The molecule has 3 rings (SSSR count). The number of fused-ring (bicyclic) bond motifs is 1. The number of aromatic nitrogens is 1. The van der Waals surface area contributed by atoms with Crippen molar-refractivity contribution in [2.24, 2.45) is 0 Å². The molecule has 0 aliphatic heterocycles. The molecule has 26 heavy (non-hydrogen) atoms. The van der Waals surface area contributed by atoms with Crippen molar-refractivity contribution < 1.29 is 15.0 Å². The monoisotopic (exact) mass is 351 g/mol. The summed E-state index contributed by atoms with van der Waals surface area (Å²) < 4.78 is 0. The van der Waals surface area contributed by atoms with Crippen LogP contribution in [0.2, 0.25) is 0 Å². The van der Waals surface area contributed by atoms with Crippen LogP contribution < -0.4 is 10.4 Å². The zero-order valence-electron chi connectivity index (χ0n) is 14.9. The van der Waals surface area contributed by atoms with Crippen LogP contribution in [0, 0.1) is 0 Å². The van der Waals surface area contributed by atoms with Gasteiger partial charge in [0.2, 0.25) is 0 Å². The smallest absolute Gasteiger partial charge is 0.167 e. The molecular weight excluding hydrogens is 330 g/mol. The van der Waals surface area contributed by atoms with Crippen LogP contribution in [0.15, 0.2) is 48.5 Å². The quantitative estimate of drug-likeness (QED) is 0.515. The molecule has 0 amide bonds. The van der Waals surface area contributed by atoms with Crippen molar-refractivity contribution in [3.63, 3.8) is 0 Å². The number of nitrogens with zero attached hydrogens (tertiary/aromatic N) is 2. The topological polar surface area (TPSA) is 66.8 Å². The lowest BCUT2D eigenvalue weighted by Gasteiger charge is -2.12. The van der Waals surface area contributed by atoms with Crippen LogP contribution in [0.4, 0.5) is 11.4 Å². The molecule has 0 aliphatic carbocycles. The van der Waals surface area contributed by atoms with Gasteiger partial charge in [-0.05, 0) is 29.8 Å². The average Bonchev–Trinajstić information content (AvgIpc) is 2.66. The number of hydrogen-bond donors (Lipinski definition) is 2. The Morgan fingerprint density at radius 2 is 1.77 bits per heavy atom. The van der Waals surface area contributed by atoms with Gasteiger partial charge in [-0.2, -0.15) is 0 Å². The van der Waals surface area contributed by atoms with Gasteiger partial charge in [0.25, 0.3) is 0 Å². The SMILES string of the molecule is COONc1c(O)c(/C=C/c2ccc(N(C)C)cc2)nc2ccccc12. The summed E-state index contributed by atoms with van der Waals surface area (Å²) in [4.78, 5) is 15.9. The Morgan fingerprint density at radius 1 is 1.04 bits per heavy atom. The number of benzene rings is 2. The van der Waals surface area contributed by atoms with Crippen LogP contribution in [-0.4, -0.2) is 31.3 Å². The van der Waals surface area contributed by atoms with E-state index >= 15 is 0 Å². The molecule has 0 saturated carbocycles. The lowest BCUT2D eigenvalue weighted by molar-refractivity contribution is -0.248. The Bertz CT molecular complexity index is 921. The molecule has 3 aromatic rings. The van der Waals surface area contributed by atoms with Crippen molar-refractivity contribution in [1.82, 2.24) is 4.98 Å². The van der Waals surface area contributed by atoms with Gasteiger partial charge in [-0.3, -0.25) is 0 Å². The molecule has 1 heterocycles. The molecule has 2 N–H and O–H groups in total. The van der Waals surface area contributed by atoms with Crippen LogP contribution in [0.3, 0.4) is 0 Å². The van der Waals surface area contributed by atoms with Gasteiger partial charge in [-0.1, -0.05) is 36.4 Å². The van der Waals surface area contributed by atoms with Crippen molar-refractivity contribution in [1.29, 1.82) is 0 Å². The summed E-state index contributed by atoms with van der Waals surface area (Å²) in [6.07, 6.45) is 3.67. The van der Waals surface area contributed by atoms with Gasteiger partial charge in [-0.15, -0.1) is 4.99 Å². The largest absolute Gasteiger partial charge is 0.504 e. The second kappa shape index (κ2) is 7.86. The van der Waals surface area contributed by atoms with Gasteiger partial charge >= 0.3 is 0 Å². The molecular formula is C20H21N3O3. The van der Waals surface area contributed by atoms with E-state index in [1.165, 1.54) is 7.11 Å². The van der Waals surface area contributed by atoms with E-state index in [-0.39, 0.29) is 5.75 Å². The Kier molecular flexibility index (Phi) is 5.36. The van der Waals surface area contributed by atoms with E-state index in [9.17, 15) is 5.11 Å². The van der Waals surface area contributed by atoms with E-state index in [1.54, 1.807) is 6.08 Å². The first-order valence-corrected chi connectivity index (χ1v) is 8.13. The maximum Gasteiger partial charge on any atom is 0.167 e. The maximum absolute atomic E-state index is 10.6. The fourth-order valence-electron chi connectivity index (χ4n) is 2.58. The summed E-state index contributed by atoms with van der Waals surface area (Å²) in [5, 5.41) is 11.3. The highest BCUT2D eigenvalue weighted by atomic mass is 17.3. The van der Waals surface area contributed by atoms with E-state index in [0.29, 0.717) is 11.4 Å². The lowest BCUT2D eigenvalue weighted by atomic mass is 10.1. The van der Waals surface area contributed by atoms with Gasteiger partial charge in [0.05, 0.1) is 12.6 Å². The Labute approximate surface area is 152 Å². The third kappa shape index (κ3) is 3.77. The summed E-state index contributed by atoms with van der Waals surface area (Å²) in [6.45, 7) is 0. The van der Waals surface area contributed by atoms with Crippen LogP contribution >= 0.6 is 0 Å².